The van der Waals surface area contributed by atoms with Crippen LogP contribution in [-0.4, -0.2) is 12.3 Å². The maximum atomic E-state index is 13.0. The number of nitrogens with two attached hydrogens (primary N) is 1. The second-order valence-electron chi connectivity index (χ2n) is 4.40. The Morgan fingerprint density at radius 1 is 1.22 bits per heavy atom. The van der Waals surface area contributed by atoms with Crippen LogP contribution in [-0.2, 0) is 11.2 Å². The molecule has 1 rings (SSSR count). The summed E-state index contributed by atoms with van der Waals surface area (Å²) in [5.74, 6) is -0.141. The number of rotatable bonds is 8. The van der Waals surface area contributed by atoms with E-state index in [2.05, 4.69) is 15.9 Å². The number of hydrogen-bond acceptors (Lipinski definition) is 2. The first-order valence-electron chi connectivity index (χ1n) is 6.29. The summed E-state index contributed by atoms with van der Waals surface area (Å²) in [6.45, 7) is 0.712. The quantitative estimate of drug-likeness (QED) is 0.745. The Bertz CT molecular complexity index is 395. The van der Waals surface area contributed by atoms with Gasteiger partial charge in [-0.15, -0.1) is 0 Å². The summed E-state index contributed by atoms with van der Waals surface area (Å²) >= 11 is 3.33. The highest BCUT2D eigenvalue weighted by Crippen LogP contribution is 2.19. The Labute approximate surface area is 116 Å². The highest BCUT2D eigenvalue weighted by molar-refractivity contribution is 9.10. The number of carbonyl (C=O) groups excluding carboxylic acids is 1. The van der Waals surface area contributed by atoms with Gasteiger partial charge in [-0.25, -0.2) is 4.39 Å². The molecule has 0 unspecified atom stereocenters. The fourth-order valence-electron chi connectivity index (χ4n) is 1.80. The van der Waals surface area contributed by atoms with E-state index in [1.54, 1.807) is 6.07 Å². The number of halogens is 2. The van der Waals surface area contributed by atoms with Crippen molar-refractivity contribution in [2.24, 2.45) is 5.73 Å². The lowest BCUT2D eigenvalue weighted by atomic mass is 10.0. The van der Waals surface area contributed by atoms with Gasteiger partial charge < -0.3 is 5.73 Å². The van der Waals surface area contributed by atoms with Gasteiger partial charge in [0, 0.05) is 17.3 Å². The Morgan fingerprint density at radius 2 is 1.94 bits per heavy atom. The van der Waals surface area contributed by atoms with Gasteiger partial charge in [-0.05, 0) is 43.1 Å². The van der Waals surface area contributed by atoms with E-state index in [-0.39, 0.29) is 11.6 Å². The van der Waals surface area contributed by atoms with Gasteiger partial charge in [-0.2, -0.15) is 0 Å². The summed E-state index contributed by atoms with van der Waals surface area (Å²) in [4.78, 5) is 11.7. The third-order valence-electron chi connectivity index (χ3n) is 2.81. The van der Waals surface area contributed by atoms with Gasteiger partial charge in [0.1, 0.15) is 11.6 Å². The minimum atomic E-state index is -0.302. The maximum Gasteiger partial charge on any atom is 0.137 e. The molecule has 0 aliphatic heterocycles. The predicted molar refractivity (Wildman–Crippen MR) is 75.0 cm³/mol. The summed E-state index contributed by atoms with van der Waals surface area (Å²) in [5, 5.41) is 0. The molecular weight excluding hydrogens is 297 g/mol. The number of unbranched alkanes of at least 4 members (excludes halogenated alkanes) is 3. The van der Waals surface area contributed by atoms with Crippen molar-refractivity contribution in [3.05, 3.63) is 34.1 Å². The fourth-order valence-corrected chi connectivity index (χ4v) is 2.19. The molecule has 0 saturated carbocycles. The summed E-state index contributed by atoms with van der Waals surface area (Å²) in [7, 11) is 0. The molecule has 100 valence electrons. The van der Waals surface area contributed by atoms with Crippen molar-refractivity contribution in [3.63, 3.8) is 0 Å². The number of hydrogen-bond donors (Lipinski definition) is 1. The monoisotopic (exact) mass is 315 g/mol. The summed E-state index contributed by atoms with van der Waals surface area (Å²) in [5.41, 5.74) is 6.12. The van der Waals surface area contributed by atoms with Crippen molar-refractivity contribution >= 4 is 21.7 Å². The molecule has 18 heavy (non-hydrogen) atoms. The van der Waals surface area contributed by atoms with Crippen LogP contribution >= 0.6 is 15.9 Å². The second kappa shape index (κ2) is 8.38. The van der Waals surface area contributed by atoms with E-state index in [1.807, 2.05) is 0 Å². The molecule has 0 atom stereocenters. The minimum Gasteiger partial charge on any atom is -0.330 e. The van der Waals surface area contributed by atoms with E-state index in [9.17, 15) is 9.18 Å². The van der Waals surface area contributed by atoms with Gasteiger partial charge in [0.05, 0.1) is 0 Å². The molecule has 0 saturated heterocycles. The Morgan fingerprint density at radius 3 is 2.67 bits per heavy atom. The molecule has 0 aliphatic carbocycles. The highest BCUT2D eigenvalue weighted by Gasteiger charge is 2.08. The maximum absolute atomic E-state index is 13.0. The van der Waals surface area contributed by atoms with Gasteiger partial charge in [0.25, 0.3) is 0 Å². The van der Waals surface area contributed by atoms with E-state index < -0.39 is 0 Å². The van der Waals surface area contributed by atoms with Crippen molar-refractivity contribution in [1.82, 2.24) is 0 Å². The zero-order valence-electron chi connectivity index (χ0n) is 10.4. The SMILES string of the molecule is NCCCCCCC(=O)Cc1cc(F)ccc1Br. The standard InChI is InChI=1S/C14H19BrFNO/c15-14-7-6-12(16)9-11(14)10-13(18)5-3-1-2-4-8-17/h6-7,9H,1-5,8,10,17H2. The van der Waals surface area contributed by atoms with E-state index in [0.29, 0.717) is 19.4 Å². The van der Waals surface area contributed by atoms with Gasteiger partial charge in [0.15, 0.2) is 0 Å². The van der Waals surface area contributed by atoms with E-state index in [0.717, 1.165) is 35.7 Å². The first-order chi connectivity index (χ1) is 8.63. The van der Waals surface area contributed by atoms with Crippen molar-refractivity contribution < 1.29 is 9.18 Å². The van der Waals surface area contributed by atoms with Gasteiger partial charge in [-0.3, -0.25) is 4.79 Å². The van der Waals surface area contributed by atoms with E-state index in [4.69, 9.17) is 5.73 Å². The van der Waals surface area contributed by atoms with E-state index in [1.165, 1.54) is 12.1 Å². The first kappa shape index (κ1) is 15.3. The van der Waals surface area contributed by atoms with Crippen molar-refractivity contribution in [2.75, 3.05) is 6.54 Å². The van der Waals surface area contributed by atoms with Crippen LogP contribution in [0, 0.1) is 5.82 Å². The average molecular weight is 316 g/mol. The largest absolute Gasteiger partial charge is 0.330 e. The van der Waals surface area contributed by atoms with E-state index >= 15 is 0 Å². The van der Waals surface area contributed by atoms with Crippen LogP contribution in [0.15, 0.2) is 22.7 Å². The number of Topliss-reactive ketones (excluding diaryl/α,β-unsaturated/α-hetero) is 1. The molecule has 0 aliphatic rings. The lowest BCUT2D eigenvalue weighted by molar-refractivity contribution is -0.118. The normalized spacial score (nSPS) is 10.6. The molecule has 0 amide bonds. The number of benzene rings is 1. The highest BCUT2D eigenvalue weighted by atomic mass is 79.9. The molecule has 0 fully saturated rings. The predicted octanol–water partition coefficient (Wildman–Crippen LogP) is 3.61. The summed E-state index contributed by atoms with van der Waals surface area (Å²) < 4.78 is 13.8. The summed E-state index contributed by atoms with van der Waals surface area (Å²) in [6.07, 6.45) is 4.89. The van der Waals surface area contributed by atoms with Crippen LogP contribution in [0.1, 0.15) is 37.7 Å². The zero-order valence-corrected chi connectivity index (χ0v) is 12.0. The summed E-state index contributed by atoms with van der Waals surface area (Å²) in [6, 6.07) is 4.43. The lowest BCUT2D eigenvalue weighted by Gasteiger charge is -2.04. The smallest absolute Gasteiger partial charge is 0.137 e. The molecule has 4 heteroatoms. The van der Waals surface area contributed by atoms with Gasteiger partial charge in [-0.1, -0.05) is 28.8 Å². The number of carbonyl (C=O) groups is 1. The van der Waals surface area contributed by atoms with Crippen molar-refractivity contribution in [2.45, 2.75) is 38.5 Å². The lowest BCUT2D eigenvalue weighted by Crippen LogP contribution is -2.04. The molecular formula is C14H19BrFNO. The molecule has 0 spiro atoms. The molecule has 1 aromatic rings. The van der Waals surface area contributed by atoms with Crippen LogP contribution in [0.2, 0.25) is 0 Å². The Balaban J connectivity index is 2.33. The van der Waals surface area contributed by atoms with Crippen LogP contribution in [0.4, 0.5) is 4.39 Å². The second-order valence-corrected chi connectivity index (χ2v) is 5.26. The third kappa shape index (κ3) is 5.74. The van der Waals surface area contributed by atoms with Crippen LogP contribution in [0.5, 0.6) is 0 Å². The molecule has 0 heterocycles. The van der Waals surface area contributed by atoms with Gasteiger partial charge in [0.2, 0.25) is 0 Å². The molecule has 0 bridgehead atoms. The van der Waals surface area contributed by atoms with Crippen molar-refractivity contribution in [3.8, 4) is 0 Å². The molecule has 0 radical (unpaired) electrons. The third-order valence-corrected chi connectivity index (χ3v) is 3.58. The fraction of sp³-hybridized carbons (Fsp3) is 0.500. The minimum absolute atomic E-state index is 0.161. The van der Waals surface area contributed by atoms with Crippen LogP contribution in [0.25, 0.3) is 0 Å². The first-order valence-corrected chi connectivity index (χ1v) is 7.08. The van der Waals surface area contributed by atoms with Gasteiger partial charge >= 0.3 is 0 Å². The number of ketones is 1. The molecule has 0 aromatic heterocycles. The van der Waals surface area contributed by atoms with Crippen molar-refractivity contribution in [1.29, 1.82) is 0 Å². The topological polar surface area (TPSA) is 43.1 Å². The molecule has 2 N–H and O–H groups in total. The Hall–Kier alpha value is -0.740. The Kier molecular flexibility index (Phi) is 7.13. The average Bonchev–Trinajstić information content (AvgIpc) is 2.33. The molecule has 2 nitrogen and oxygen atoms in total. The molecule has 1 aromatic carbocycles. The zero-order chi connectivity index (χ0) is 13.4. The van der Waals surface area contributed by atoms with Crippen LogP contribution in [0.3, 0.4) is 0 Å². The van der Waals surface area contributed by atoms with Crippen LogP contribution < -0.4 is 5.73 Å².